The van der Waals surface area contributed by atoms with E-state index in [1.165, 1.54) is 12.1 Å². The highest BCUT2D eigenvalue weighted by molar-refractivity contribution is 7.92. The van der Waals surface area contributed by atoms with Crippen LogP contribution in [-0.4, -0.2) is 14.3 Å². The molecule has 1 amide bonds. The normalized spacial score (nSPS) is 11.3. The van der Waals surface area contributed by atoms with E-state index in [1.54, 1.807) is 48.5 Å². The van der Waals surface area contributed by atoms with Gasteiger partial charge in [0.25, 0.3) is 15.9 Å². The van der Waals surface area contributed by atoms with Crippen LogP contribution in [0.3, 0.4) is 0 Å². The number of amides is 1. The van der Waals surface area contributed by atoms with Gasteiger partial charge in [0.15, 0.2) is 5.76 Å². The maximum absolute atomic E-state index is 12.5. The molecule has 1 heterocycles. The van der Waals surface area contributed by atoms with Crippen molar-refractivity contribution in [2.24, 2.45) is 0 Å². The molecule has 0 aliphatic carbocycles. The molecule has 29 heavy (non-hydrogen) atoms. The topological polar surface area (TPSA) is 88.4 Å². The van der Waals surface area contributed by atoms with Crippen LogP contribution in [0.4, 0.5) is 11.4 Å². The van der Waals surface area contributed by atoms with Gasteiger partial charge in [-0.25, -0.2) is 8.42 Å². The van der Waals surface area contributed by atoms with E-state index in [0.29, 0.717) is 17.0 Å². The number of aryl methyl sites for hydroxylation is 1. The second-order valence-corrected chi connectivity index (χ2v) is 8.29. The standard InChI is InChI=1S/C22H18N2O4S/c1-15-10-11-20-16(12-15)13-21(28-20)22(25)23-17-6-5-7-18(14-17)24-29(26,27)19-8-3-2-4-9-19/h2-14,24H,1H3,(H,23,25). The Morgan fingerprint density at radius 1 is 0.862 bits per heavy atom. The molecule has 0 atom stereocenters. The highest BCUT2D eigenvalue weighted by atomic mass is 32.2. The number of carbonyl (C=O) groups excluding carboxylic acids is 1. The van der Waals surface area contributed by atoms with Crippen LogP contribution in [-0.2, 0) is 10.0 Å². The highest BCUT2D eigenvalue weighted by Gasteiger charge is 2.15. The summed E-state index contributed by atoms with van der Waals surface area (Å²) in [5, 5.41) is 3.58. The van der Waals surface area contributed by atoms with Gasteiger partial charge in [-0.3, -0.25) is 9.52 Å². The van der Waals surface area contributed by atoms with Gasteiger partial charge < -0.3 is 9.73 Å². The Balaban J connectivity index is 1.53. The quantitative estimate of drug-likeness (QED) is 0.499. The van der Waals surface area contributed by atoms with Gasteiger partial charge in [-0.1, -0.05) is 35.9 Å². The first-order valence-corrected chi connectivity index (χ1v) is 10.4. The third-order valence-corrected chi connectivity index (χ3v) is 5.72. The van der Waals surface area contributed by atoms with Gasteiger partial charge in [-0.2, -0.15) is 0 Å². The molecule has 0 spiro atoms. The number of carbonyl (C=O) groups is 1. The lowest BCUT2D eigenvalue weighted by atomic mass is 10.2. The first-order valence-electron chi connectivity index (χ1n) is 8.90. The Hall–Kier alpha value is -3.58. The number of fused-ring (bicyclic) bond motifs is 1. The number of furan rings is 1. The van der Waals surface area contributed by atoms with Gasteiger partial charge in [0.1, 0.15) is 5.58 Å². The van der Waals surface area contributed by atoms with Crippen molar-refractivity contribution in [1.29, 1.82) is 0 Å². The second-order valence-electron chi connectivity index (χ2n) is 6.61. The fourth-order valence-electron chi connectivity index (χ4n) is 2.94. The summed E-state index contributed by atoms with van der Waals surface area (Å²) in [7, 11) is -3.71. The SMILES string of the molecule is Cc1ccc2oc(C(=O)Nc3cccc(NS(=O)(=O)c4ccccc4)c3)cc2c1. The summed E-state index contributed by atoms with van der Waals surface area (Å²) in [5.74, 6) is -0.234. The van der Waals surface area contributed by atoms with Gasteiger partial charge in [-0.15, -0.1) is 0 Å². The predicted octanol–water partition coefficient (Wildman–Crippen LogP) is 4.79. The summed E-state index contributed by atoms with van der Waals surface area (Å²) in [5.41, 5.74) is 2.49. The largest absolute Gasteiger partial charge is 0.451 e. The van der Waals surface area contributed by atoms with E-state index >= 15 is 0 Å². The molecule has 1 aromatic heterocycles. The smallest absolute Gasteiger partial charge is 0.291 e. The van der Waals surface area contributed by atoms with E-state index in [-0.39, 0.29) is 10.7 Å². The van der Waals surface area contributed by atoms with E-state index in [4.69, 9.17) is 4.42 Å². The molecule has 0 aliphatic rings. The van der Waals surface area contributed by atoms with E-state index in [2.05, 4.69) is 10.0 Å². The third kappa shape index (κ3) is 4.14. The van der Waals surface area contributed by atoms with Crippen LogP contribution in [0.1, 0.15) is 16.1 Å². The molecule has 0 saturated heterocycles. The minimum absolute atomic E-state index is 0.159. The molecule has 0 bridgehead atoms. The highest BCUT2D eigenvalue weighted by Crippen LogP contribution is 2.23. The first kappa shape index (κ1) is 18.8. The number of rotatable bonds is 5. The number of benzene rings is 3. The molecule has 6 nitrogen and oxygen atoms in total. The fraction of sp³-hybridized carbons (Fsp3) is 0.0455. The fourth-order valence-corrected chi connectivity index (χ4v) is 4.01. The van der Waals surface area contributed by atoms with Crippen molar-refractivity contribution in [3.05, 3.63) is 90.2 Å². The van der Waals surface area contributed by atoms with Crippen molar-refractivity contribution >= 4 is 38.3 Å². The lowest BCUT2D eigenvalue weighted by Gasteiger charge is -2.10. The van der Waals surface area contributed by atoms with Crippen molar-refractivity contribution < 1.29 is 17.6 Å². The average molecular weight is 406 g/mol. The molecule has 2 N–H and O–H groups in total. The predicted molar refractivity (Wildman–Crippen MR) is 113 cm³/mol. The Bertz CT molecular complexity index is 1290. The molecule has 0 aliphatic heterocycles. The zero-order chi connectivity index (χ0) is 20.4. The summed E-state index contributed by atoms with van der Waals surface area (Å²) < 4.78 is 33.1. The summed E-state index contributed by atoms with van der Waals surface area (Å²) in [6, 6.07) is 21.9. The maximum Gasteiger partial charge on any atom is 0.291 e. The molecule has 0 saturated carbocycles. The summed E-state index contributed by atoms with van der Waals surface area (Å²) in [6.07, 6.45) is 0. The third-order valence-electron chi connectivity index (χ3n) is 4.32. The molecular formula is C22H18N2O4S. The second kappa shape index (κ2) is 7.44. The lowest BCUT2D eigenvalue weighted by Crippen LogP contribution is -2.14. The molecule has 0 unspecified atom stereocenters. The Labute approximate surface area is 168 Å². The van der Waals surface area contributed by atoms with E-state index in [0.717, 1.165) is 10.9 Å². The molecule has 7 heteroatoms. The maximum atomic E-state index is 12.5. The number of hydrogen-bond donors (Lipinski definition) is 2. The summed E-state index contributed by atoms with van der Waals surface area (Å²) in [4.78, 5) is 12.7. The van der Waals surface area contributed by atoms with Crippen molar-refractivity contribution in [2.75, 3.05) is 10.0 Å². The number of sulfonamides is 1. The summed E-state index contributed by atoms with van der Waals surface area (Å²) in [6.45, 7) is 1.97. The van der Waals surface area contributed by atoms with Crippen LogP contribution >= 0.6 is 0 Å². The minimum atomic E-state index is -3.71. The van der Waals surface area contributed by atoms with Gasteiger partial charge in [0, 0.05) is 11.1 Å². The van der Waals surface area contributed by atoms with Crippen LogP contribution in [0.25, 0.3) is 11.0 Å². The van der Waals surface area contributed by atoms with Crippen molar-refractivity contribution in [3.8, 4) is 0 Å². The molecule has 4 rings (SSSR count). The molecule has 0 radical (unpaired) electrons. The summed E-state index contributed by atoms with van der Waals surface area (Å²) >= 11 is 0. The van der Waals surface area contributed by atoms with Crippen molar-refractivity contribution in [2.45, 2.75) is 11.8 Å². The van der Waals surface area contributed by atoms with E-state index < -0.39 is 15.9 Å². The molecule has 146 valence electrons. The van der Waals surface area contributed by atoms with Gasteiger partial charge >= 0.3 is 0 Å². The first-order chi connectivity index (χ1) is 13.9. The van der Waals surface area contributed by atoms with Crippen molar-refractivity contribution in [3.63, 3.8) is 0 Å². The monoisotopic (exact) mass is 406 g/mol. The van der Waals surface area contributed by atoms with Gasteiger partial charge in [0.2, 0.25) is 0 Å². The van der Waals surface area contributed by atoms with Crippen LogP contribution in [0.5, 0.6) is 0 Å². The lowest BCUT2D eigenvalue weighted by molar-refractivity contribution is 0.0998. The van der Waals surface area contributed by atoms with Gasteiger partial charge in [0.05, 0.1) is 10.6 Å². The van der Waals surface area contributed by atoms with Crippen LogP contribution in [0.15, 0.2) is 88.2 Å². The Kier molecular flexibility index (Phi) is 4.82. The van der Waals surface area contributed by atoms with E-state index in [1.807, 2.05) is 25.1 Å². The minimum Gasteiger partial charge on any atom is -0.451 e. The van der Waals surface area contributed by atoms with Crippen LogP contribution in [0.2, 0.25) is 0 Å². The Morgan fingerprint density at radius 2 is 1.62 bits per heavy atom. The Morgan fingerprint density at radius 3 is 2.41 bits per heavy atom. The van der Waals surface area contributed by atoms with E-state index in [9.17, 15) is 13.2 Å². The van der Waals surface area contributed by atoms with Gasteiger partial charge in [-0.05, 0) is 55.5 Å². The molecule has 0 fully saturated rings. The number of nitrogens with one attached hydrogen (secondary N) is 2. The van der Waals surface area contributed by atoms with Crippen LogP contribution < -0.4 is 10.0 Å². The number of anilines is 2. The molecule has 4 aromatic rings. The molecule has 3 aromatic carbocycles. The average Bonchev–Trinajstić information content (AvgIpc) is 3.12. The van der Waals surface area contributed by atoms with Crippen LogP contribution in [0, 0.1) is 6.92 Å². The van der Waals surface area contributed by atoms with Crippen molar-refractivity contribution in [1.82, 2.24) is 0 Å². The zero-order valence-corrected chi connectivity index (χ0v) is 16.4. The number of hydrogen-bond acceptors (Lipinski definition) is 4. The zero-order valence-electron chi connectivity index (χ0n) is 15.5. The molecular weight excluding hydrogens is 388 g/mol.